The van der Waals surface area contributed by atoms with E-state index in [1.807, 2.05) is 11.0 Å². The van der Waals surface area contributed by atoms with Crippen molar-refractivity contribution >= 4 is 11.7 Å². The molecule has 1 amide bonds. The van der Waals surface area contributed by atoms with Crippen LogP contribution in [0.4, 0.5) is 5.82 Å². The molecule has 21 heavy (non-hydrogen) atoms. The van der Waals surface area contributed by atoms with Gasteiger partial charge in [0.05, 0.1) is 0 Å². The van der Waals surface area contributed by atoms with E-state index in [0.29, 0.717) is 17.4 Å². The minimum absolute atomic E-state index is 0.0966. The summed E-state index contributed by atoms with van der Waals surface area (Å²) in [5.41, 5.74) is 0.713. The molecule has 1 aromatic rings. The van der Waals surface area contributed by atoms with Gasteiger partial charge in [-0.15, -0.1) is 0 Å². The third-order valence-electron chi connectivity index (χ3n) is 3.02. The zero-order chi connectivity index (χ0) is 15.8. The lowest BCUT2D eigenvalue weighted by atomic mass is 10.1. The number of carbonyl (C=O) groups is 1. The molecule has 0 spiro atoms. The van der Waals surface area contributed by atoms with Gasteiger partial charge in [-0.25, -0.2) is 4.98 Å². The Labute approximate surface area is 129 Å². The number of nitrogens with one attached hydrogen (secondary N) is 1. The van der Waals surface area contributed by atoms with Crippen molar-refractivity contribution in [1.82, 2.24) is 9.88 Å². The maximum absolute atomic E-state index is 12.7. The van der Waals surface area contributed by atoms with Crippen LogP contribution in [0, 0.1) is 11.8 Å². The van der Waals surface area contributed by atoms with Crippen LogP contribution in [0.15, 0.2) is 18.3 Å². The largest absolute Gasteiger partial charge is 0.370 e. The summed E-state index contributed by atoms with van der Waals surface area (Å²) < 4.78 is 0. The highest BCUT2D eigenvalue weighted by atomic mass is 16.2. The highest BCUT2D eigenvalue weighted by Crippen LogP contribution is 2.13. The predicted octanol–water partition coefficient (Wildman–Crippen LogP) is 3.66. The molecule has 0 bridgehead atoms. The first-order valence-electron chi connectivity index (χ1n) is 7.93. The van der Waals surface area contributed by atoms with E-state index in [1.165, 1.54) is 0 Å². The summed E-state index contributed by atoms with van der Waals surface area (Å²) in [5.74, 6) is 1.80. The fourth-order valence-corrected chi connectivity index (χ4v) is 2.22. The molecule has 1 heterocycles. The van der Waals surface area contributed by atoms with E-state index in [4.69, 9.17) is 0 Å². The van der Waals surface area contributed by atoms with Crippen LogP contribution in [0.2, 0.25) is 0 Å². The number of anilines is 1. The number of rotatable bonds is 8. The molecule has 0 aliphatic heterocycles. The quantitative estimate of drug-likeness (QED) is 0.795. The molecule has 0 fully saturated rings. The first kappa shape index (κ1) is 17.5. The molecule has 0 radical (unpaired) electrons. The molecule has 4 heteroatoms. The summed E-state index contributed by atoms with van der Waals surface area (Å²) in [5, 5.41) is 3.23. The van der Waals surface area contributed by atoms with Gasteiger partial charge in [0.1, 0.15) is 5.82 Å². The van der Waals surface area contributed by atoms with Gasteiger partial charge in [-0.3, -0.25) is 4.79 Å². The molecule has 0 saturated carbocycles. The number of pyridine rings is 1. The average molecular weight is 291 g/mol. The lowest BCUT2D eigenvalue weighted by molar-refractivity contribution is 0.0715. The Morgan fingerprint density at radius 1 is 1.24 bits per heavy atom. The van der Waals surface area contributed by atoms with Gasteiger partial charge in [0.2, 0.25) is 0 Å². The predicted molar refractivity (Wildman–Crippen MR) is 88.6 cm³/mol. The number of amides is 1. The Hall–Kier alpha value is -1.58. The van der Waals surface area contributed by atoms with Gasteiger partial charge in [0.15, 0.2) is 0 Å². The highest BCUT2D eigenvalue weighted by molar-refractivity contribution is 5.94. The molecule has 0 atom stereocenters. The van der Waals surface area contributed by atoms with Gasteiger partial charge in [0.25, 0.3) is 5.91 Å². The van der Waals surface area contributed by atoms with E-state index in [2.05, 4.69) is 44.9 Å². The van der Waals surface area contributed by atoms with E-state index in [-0.39, 0.29) is 5.91 Å². The molecule has 118 valence electrons. The zero-order valence-electron chi connectivity index (χ0n) is 14.0. The first-order valence-corrected chi connectivity index (χ1v) is 7.93. The van der Waals surface area contributed by atoms with Crippen molar-refractivity contribution < 1.29 is 4.79 Å². The maximum atomic E-state index is 12.7. The summed E-state index contributed by atoms with van der Waals surface area (Å²) in [6.07, 6.45) is 2.74. The summed E-state index contributed by atoms with van der Waals surface area (Å²) >= 11 is 0. The van der Waals surface area contributed by atoms with E-state index in [1.54, 1.807) is 12.3 Å². The summed E-state index contributed by atoms with van der Waals surface area (Å²) in [4.78, 5) is 18.9. The second-order valence-corrected chi connectivity index (χ2v) is 6.35. The van der Waals surface area contributed by atoms with E-state index < -0.39 is 0 Å². The van der Waals surface area contributed by atoms with Crippen LogP contribution >= 0.6 is 0 Å². The number of nitrogens with zero attached hydrogens (tertiary/aromatic N) is 2. The number of hydrogen-bond donors (Lipinski definition) is 1. The third-order valence-corrected chi connectivity index (χ3v) is 3.02. The van der Waals surface area contributed by atoms with Crippen molar-refractivity contribution in [2.24, 2.45) is 11.8 Å². The van der Waals surface area contributed by atoms with Crippen LogP contribution in [-0.2, 0) is 0 Å². The molecule has 0 aliphatic carbocycles. The SMILES string of the molecule is CCCNc1cc(C(=O)N(CC(C)C)CC(C)C)ccn1. The lowest BCUT2D eigenvalue weighted by Gasteiger charge is -2.26. The molecule has 0 aromatic carbocycles. The van der Waals surface area contributed by atoms with Crippen molar-refractivity contribution in [3.63, 3.8) is 0 Å². The first-order chi connectivity index (χ1) is 9.93. The van der Waals surface area contributed by atoms with Crippen LogP contribution in [0.25, 0.3) is 0 Å². The van der Waals surface area contributed by atoms with Crippen molar-refractivity contribution in [3.8, 4) is 0 Å². The molecule has 1 aromatic heterocycles. The standard InChI is InChI=1S/C17H29N3O/c1-6-8-18-16-10-15(7-9-19-16)17(21)20(11-13(2)3)12-14(4)5/h7,9-10,13-14H,6,8,11-12H2,1-5H3,(H,18,19). The van der Waals surface area contributed by atoms with Crippen molar-refractivity contribution in [2.75, 3.05) is 25.0 Å². The van der Waals surface area contributed by atoms with Crippen LogP contribution in [0.5, 0.6) is 0 Å². The fourth-order valence-electron chi connectivity index (χ4n) is 2.22. The second kappa shape index (κ2) is 8.65. The Morgan fingerprint density at radius 2 is 1.86 bits per heavy atom. The third kappa shape index (κ3) is 6.15. The van der Waals surface area contributed by atoms with Gasteiger partial charge >= 0.3 is 0 Å². The van der Waals surface area contributed by atoms with Gasteiger partial charge < -0.3 is 10.2 Å². The molecule has 0 aliphatic rings. The minimum Gasteiger partial charge on any atom is -0.370 e. The smallest absolute Gasteiger partial charge is 0.254 e. The van der Waals surface area contributed by atoms with Crippen LogP contribution in [0.3, 0.4) is 0 Å². The Morgan fingerprint density at radius 3 is 2.38 bits per heavy atom. The normalized spacial score (nSPS) is 11.0. The van der Waals surface area contributed by atoms with Gasteiger partial charge in [-0.2, -0.15) is 0 Å². The Balaban J connectivity index is 2.86. The minimum atomic E-state index is 0.0966. The number of hydrogen-bond acceptors (Lipinski definition) is 3. The lowest BCUT2D eigenvalue weighted by Crippen LogP contribution is -2.37. The molecule has 1 N–H and O–H groups in total. The van der Waals surface area contributed by atoms with Crippen LogP contribution in [0.1, 0.15) is 51.4 Å². The Kier molecular flexibility index (Phi) is 7.20. The monoisotopic (exact) mass is 291 g/mol. The molecule has 1 rings (SSSR count). The maximum Gasteiger partial charge on any atom is 0.254 e. The summed E-state index contributed by atoms with van der Waals surface area (Å²) in [6, 6.07) is 3.65. The number of carbonyl (C=O) groups excluding carboxylic acids is 1. The van der Waals surface area contributed by atoms with Gasteiger partial charge in [0, 0.05) is 31.4 Å². The topological polar surface area (TPSA) is 45.2 Å². The fraction of sp³-hybridized carbons (Fsp3) is 0.647. The molecular weight excluding hydrogens is 262 g/mol. The average Bonchev–Trinajstić information content (AvgIpc) is 2.43. The van der Waals surface area contributed by atoms with E-state index >= 15 is 0 Å². The molecular formula is C17H29N3O. The molecule has 4 nitrogen and oxygen atoms in total. The molecule has 0 saturated heterocycles. The Bertz CT molecular complexity index is 433. The van der Waals surface area contributed by atoms with Crippen LogP contribution < -0.4 is 5.32 Å². The van der Waals surface area contributed by atoms with Crippen molar-refractivity contribution in [1.29, 1.82) is 0 Å². The van der Waals surface area contributed by atoms with E-state index in [0.717, 1.165) is 31.9 Å². The number of aromatic nitrogens is 1. The van der Waals surface area contributed by atoms with Crippen molar-refractivity contribution in [3.05, 3.63) is 23.9 Å². The second-order valence-electron chi connectivity index (χ2n) is 6.35. The highest BCUT2D eigenvalue weighted by Gasteiger charge is 2.18. The molecule has 0 unspecified atom stereocenters. The van der Waals surface area contributed by atoms with Gasteiger partial charge in [-0.1, -0.05) is 34.6 Å². The van der Waals surface area contributed by atoms with Crippen LogP contribution in [-0.4, -0.2) is 35.4 Å². The van der Waals surface area contributed by atoms with E-state index in [9.17, 15) is 4.79 Å². The summed E-state index contributed by atoms with van der Waals surface area (Å²) in [6.45, 7) is 13.1. The summed E-state index contributed by atoms with van der Waals surface area (Å²) in [7, 11) is 0. The van der Waals surface area contributed by atoms with Crippen molar-refractivity contribution in [2.45, 2.75) is 41.0 Å². The zero-order valence-corrected chi connectivity index (χ0v) is 14.0. The van der Waals surface area contributed by atoms with Gasteiger partial charge in [-0.05, 0) is 30.4 Å².